The summed E-state index contributed by atoms with van der Waals surface area (Å²) in [6.07, 6.45) is 8.18. The van der Waals surface area contributed by atoms with Crippen molar-refractivity contribution in [3.05, 3.63) is 23.8 Å². The zero-order valence-corrected chi connectivity index (χ0v) is 19.4. The number of ether oxygens (including phenoxy) is 1. The molecule has 4 atom stereocenters. The van der Waals surface area contributed by atoms with Gasteiger partial charge in [-0.3, -0.25) is 4.79 Å². The van der Waals surface area contributed by atoms with Gasteiger partial charge in [0.05, 0.1) is 10.2 Å². The Hall–Kier alpha value is -0.190. The zero-order chi connectivity index (χ0) is 19.9. The van der Waals surface area contributed by atoms with Gasteiger partial charge in [0.15, 0.2) is 0 Å². The van der Waals surface area contributed by atoms with Gasteiger partial charge in [0.2, 0.25) is 0 Å². The molecule has 152 valence electrons. The first-order valence-corrected chi connectivity index (χ1v) is 12.4. The van der Waals surface area contributed by atoms with Gasteiger partial charge in [-0.05, 0) is 50.5 Å². The summed E-state index contributed by atoms with van der Waals surface area (Å²) in [5.41, 5.74) is 2.85. The second kappa shape index (κ2) is 7.91. The van der Waals surface area contributed by atoms with Crippen LogP contribution in [-0.4, -0.2) is 34.6 Å². The Labute approximate surface area is 174 Å². The molecule has 0 amide bonds. The van der Waals surface area contributed by atoms with Gasteiger partial charge in [0, 0.05) is 35.9 Å². The third-order valence-corrected chi connectivity index (χ3v) is 11.2. The van der Waals surface area contributed by atoms with E-state index in [1.165, 1.54) is 37.2 Å². The number of thioether (sulfide) groups is 2. The van der Waals surface area contributed by atoms with Crippen LogP contribution in [0.1, 0.15) is 66.2 Å². The van der Waals surface area contributed by atoms with Crippen molar-refractivity contribution in [1.82, 2.24) is 0 Å². The first kappa shape index (κ1) is 21.5. The highest BCUT2D eigenvalue weighted by Gasteiger charge is 2.58. The number of Topliss-reactive ketones (excluding diaryl/α,β-unsaturated/α-hetero) is 1. The molecule has 0 radical (unpaired) electrons. The Morgan fingerprint density at radius 1 is 1.41 bits per heavy atom. The van der Waals surface area contributed by atoms with E-state index in [9.17, 15) is 4.79 Å². The largest absolute Gasteiger partial charge is 0.380 e. The first-order chi connectivity index (χ1) is 12.8. The molecule has 27 heavy (non-hydrogen) atoms. The average molecular weight is 409 g/mol. The minimum atomic E-state index is -0.516. The summed E-state index contributed by atoms with van der Waals surface area (Å²) in [6.45, 7) is 12.9. The highest BCUT2D eigenvalue weighted by molar-refractivity contribution is 8.21. The van der Waals surface area contributed by atoms with Crippen LogP contribution >= 0.6 is 23.5 Å². The number of allylic oxidation sites excluding steroid dienone is 2. The number of methoxy groups -OCH3 is 1. The summed E-state index contributed by atoms with van der Waals surface area (Å²) < 4.78 is 6.47. The van der Waals surface area contributed by atoms with Gasteiger partial charge in [-0.2, -0.15) is 0 Å². The fraction of sp³-hybridized carbons (Fsp3) is 0.783. The fourth-order valence-corrected chi connectivity index (χ4v) is 9.34. The molecular weight excluding hydrogens is 372 g/mol. The van der Waals surface area contributed by atoms with E-state index in [-0.39, 0.29) is 21.4 Å². The molecule has 2 aliphatic carbocycles. The lowest BCUT2D eigenvalue weighted by Crippen LogP contribution is -2.49. The van der Waals surface area contributed by atoms with Gasteiger partial charge in [0.25, 0.3) is 0 Å². The van der Waals surface area contributed by atoms with Crippen molar-refractivity contribution in [3.8, 4) is 0 Å². The summed E-state index contributed by atoms with van der Waals surface area (Å²) in [7, 11) is 1.84. The van der Waals surface area contributed by atoms with Crippen molar-refractivity contribution in [1.29, 1.82) is 0 Å². The van der Waals surface area contributed by atoms with E-state index < -0.39 is 5.41 Å². The lowest BCUT2D eigenvalue weighted by Gasteiger charge is -2.51. The summed E-state index contributed by atoms with van der Waals surface area (Å²) in [5, 5.41) is 0. The molecule has 1 heterocycles. The maximum Gasteiger partial charge on any atom is 0.142 e. The second-order valence-electron chi connectivity index (χ2n) is 8.98. The van der Waals surface area contributed by atoms with Gasteiger partial charge in [0.1, 0.15) is 5.78 Å². The van der Waals surface area contributed by atoms with Crippen molar-refractivity contribution in [2.24, 2.45) is 16.7 Å². The monoisotopic (exact) mass is 408 g/mol. The maximum atomic E-state index is 12.7. The second-order valence-corrected chi connectivity index (χ2v) is 12.0. The quantitative estimate of drug-likeness (QED) is 0.464. The van der Waals surface area contributed by atoms with E-state index in [1.807, 2.05) is 27.0 Å². The standard InChI is InChI=1S/C23H36O2S2/c1-7-18(24)21(4,8-2)15-19(25-6)22(5)16(3)9-10-17-11-12-23(20(17)22)26-13-14-27-23/h8,16,19H,2,7,9-15H2,1,3-6H3/t16-,19+,21+,22+/m0/s1. The Balaban J connectivity index is 2.03. The van der Waals surface area contributed by atoms with Crippen LogP contribution in [0.4, 0.5) is 0 Å². The molecule has 1 spiro atoms. The van der Waals surface area contributed by atoms with E-state index in [0.29, 0.717) is 12.3 Å². The van der Waals surface area contributed by atoms with E-state index >= 15 is 0 Å². The third-order valence-electron chi connectivity index (χ3n) is 7.66. The predicted molar refractivity (Wildman–Crippen MR) is 119 cm³/mol. The van der Waals surface area contributed by atoms with Crippen LogP contribution in [0, 0.1) is 16.7 Å². The van der Waals surface area contributed by atoms with Gasteiger partial charge in [-0.25, -0.2) is 0 Å². The molecule has 2 nitrogen and oxygen atoms in total. The van der Waals surface area contributed by atoms with Crippen LogP contribution in [0.2, 0.25) is 0 Å². The summed E-state index contributed by atoms with van der Waals surface area (Å²) in [6, 6.07) is 0. The fourth-order valence-electron chi connectivity index (χ4n) is 5.67. The minimum absolute atomic E-state index is 0.0124. The summed E-state index contributed by atoms with van der Waals surface area (Å²) in [4.78, 5) is 12.7. The molecule has 0 aromatic carbocycles. The molecule has 1 saturated heterocycles. The number of carbonyl (C=O) groups is 1. The van der Waals surface area contributed by atoms with Gasteiger partial charge in [-0.15, -0.1) is 30.1 Å². The molecule has 4 heteroatoms. The van der Waals surface area contributed by atoms with E-state index in [2.05, 4.69) is 44.0 Å². The number of ketones is 1. The van der Waals surface area contributed by atoms with Gasteiger partial charge < -0.3 is 4.74 Å². The van der Waals surface area contributed by atoms with Crippen molar-refractivity contribution >= 4 is 29.3 Å². The number of hydrogen-bond donors (Lipinski definition) is 0. The Kier molecular flexibility index (Phi) is 6.31. The number of fused-ring (bicyclic) bond motifs is 1. The van der Waals surface area contributed by atoms with Crippen molar-refractivity contribution in [2.75, 3.05) is 18.6 Å². The topological polar surface area (TPSA) is 26.3 Å². The molecule has 0 aromatic rings. The Bertz CT molecular complexity index is 634. The lowest BCUT2D eigenvalue weighted by atomic mass is 9.59. The molecule has 0 saturated carbocycles. The van der Waals surface area contributed by atoms with Crippen molar-refractivity contribution in [3.63, 3.8) is 0 Å². The Morgan fingerprint density at radius 2 is 2.07 bits per heavy atom. The van der Waals surface area contributed by atoms with E-state index in [1.54, 1.807) is 11.1 Å². The molecule has 1 aliphatic heterocycles. The zero-order valence-electron chi connectivity index (χ0n) is 17.7. The summed E-state index contributed by atoms with van der Waals surface area (Å²) >= 11 is 4.33. The SMILES string of the molecule is C=C[C@](C)(C[C@@H](OC)[C@]1(C)C2=C(CC[C@@H]1C)CCC21SCCS1)C(=O)CC. The number of hydrogen-bond acceptors (Lipinski definition) is 4. The highest BCUT2D eigenvalue weighted by atomic mass is 32.2. The first-order valence-electron chi connectivity index (χ1n) is 10.5. The lowest BCUT2D eigenvalue weighted by molar-refractivity contribution is -0.128. The third kappa shape index (κ3) is 3.38. The van der Waals surface area contributed by atoms with Gasteiger partial charge in [-0.1, -0.05) is 32.4 Å². The molecule has 3 rings (SSSR count). The minimum Gasteiger partial charge on any atom is -0.380 e. The van der Waals surface area contributed by atoms with Crippen LogP contribution in [0.15, 0.2) is 23.8 Å². The van der Waals surface area contributed by atoms with Crippen LogP contribution in [0.3, 0.4) is 0 Å². The van der Waals surface area contributed by atoms with E-state index in [0.717, 1.165) is 6.42 Å². The smallest absolute Gasteiger partial charge is 0.142 e. The number of carbonyl (C=O) groups excluding carboxylic acids is 1. The van der Waals surface area contributed by atoms with Crippen LogP contribution in [0.25, 0.3) is 0 Å². The highest BCUT2D eigenvalue weighted by Crippen LogP contribution is 2.67. The van der Waals surface area contributed by atoms with Crippen LogP contribution in [-0.2, 0) is 9.53 Å². The average Bonchev–Trinajstić information content (AvgIpc) is 3.30. The predicted octanol–water partition coefficient (Wildman–Crippen LogP) is 6.27. The van der Waals surface area contributed by atoms with Crippen LogP contribution < -0.4 is 0 Å². The molecule has 0 unspecified atom stereocenters. The Morgan fingerprint density at radius 3 is 2.63 bits per heavy atom. The normalized spacial score (nSPS) is 33.0. The van der Waals surface area contributed by atoms with Crippen LogP contribution in [0.5, 0.6) is 0 Å². The molecule has 1 fully saturated rings. The van der Waals surface area contributed by atoms with Gasteiger partial charge >= 0.3 is 0 Å². The molecule has 0 N–H and O–H groups in total. The molecule has 3 aliphatic rings. The van der Waals surface area contributed by atoms with Crippen molar-refractivity contribution < 1.29 is 9.53 Å². The number of rotatable bonds is 7. The molecule has 0 bridgehead atoms. The molecular formula is C23H36O2S2. The summed E-state index contributed by atoms with van der Waals surface area (Å²) in [5.74, 6) is 3.33. The maximum absolute atomic E-state index is 12.7. The van der Waals surface area contributed by atoms with Crippen molar-refractivity contribution in [2.45, 2.75) is 76.4 Å². The van der Waals surface area contributed by atoms with E-state index in [4.69, 9.17) is 4.74 Å². The molecule has 0 aromatic heterocycles.